The van der Waals surface area contributed by atoms with E-state index in [1.807, 2.05) is 65.0 Å². The van der Waals surface area contributed by atoms with E-state index in [1.54, 1.807) is 34.1 Å². The molecular weight excluding hydrogens is 819 g/mol. The van der Waals surface area contributed by atoms with Gasteiger partial charge in [-0.05, 0) is 107 Å². The van der Waals surface area contributed by atoms with Crippen LogP contribution < -0.4 is 0 Å². The van der Waals surface area contributed by atoms with E-state index in [-0.39, 0.29) is 66.4 Å². The number of methoxy groups -OCH3 is 3. The van der Waals surface area contributed by atoms with Gasteiger partial charge >= 0.3 is 5.97 Å². The number of cyclic esters (lactones) is 1. The third-order valence-corrected chi connectivity index (χ3v) is 14.5. The molecule has 4 aliphatic rings. The maximum Gasteiger partial charge on any atom is 0.329 e. The topological polar surface area (TPSA) is 178 Å². The highest BCUT2D eigenvalue weighted by atomic mass is 16.6. The molecule has 1 amide bonds. The lowest BCUT2D eigenvalue weighted by atomic mass is 9.78. The minimum Gasteiger partial charge on any atom is -0.460 e. The van der Waals surface area contributed by atoms with Crippen LogP contribution in [-0.4, -0.2) is 126 Å². The van der Waals surface area contributed by atoms with E-state index >= 15 is 0 Å². The number of carbonyl (C=O) groups excluding carboxylic acids is 4. The van der Waals surface area contributed by atoms with E-state index < -0.39 is 60.0 Å². The quantitative estimate of drug-likeness (QED) is 0.184. The molecule has 3 N–H and O–H groups in total. The van der Waals surface area contributed by atoms with Crippen LogP contribution in [0.15, 0.2) is 47.6 Å². The number of piperidine rings is 1. The summed E-state index contributed by atoms with van der Waals surface area (Å²) >= 11 is 0. The highest BCUT2D eigenvalue weighted by Gasteiger charge is 2.46. The van der Waals surface area contributed by atoms with Crippen LogP contribution in [-0.2, 0) is 42.9 Å². The van der Waals surface area contributed by atoms with Crippen LogP contribution >= 0.6 is 0 Å². The number of nitrogens with zero attached hydrogens (tertiary/aromatic N) is 1. The van der Waals surface area contributed by atoms with Crippen LogP contribution in [0, 0.1) is 35.5 Å². The Bertz CT molecular complexity index is 1670. The normalized spacial score (nSPS) is 40.8. The number of rotatable bonds is 6. The van der Waals surface area contributed by atoms with Gasteiger partial charge in [0, 0.05) is 58.5 Å². The lowest BCUT2D eigenvalue weighted by Gasteiger charge is -2.44. The van der Waals surface area contributed by atoms with E-state index in [0.29, 0.717) is 76.3 Å². The van der Waals surface area contributed by atoms with Gasteiger partial charge in [0.15, 0.2) is 11.6 Å². The zero-order valence-electron chi connectivity index (χ0n) is 40.4. The van der Waals surface area contributed by atoms with Crippen molar-refractivity contribution >= 4 is 23.4 Å². The maximum atomic E-state index is 14.4. The van der Waals surface area contributed by atoms with Gasteiger partial charge in [0.2, 0.25) is 5.91 Å². The van der Waals surface area contributed by atoms with Crippen molar-refractivity contribution in [3.05, 3.63) is 47.6 Å². The smallest absolute Gasteiger partial charge is 0.329 e. The molecule has 0 aromatic carbocycles. The number of hydrogen-bond donors (Lipinski definition) is 3. The van der Waals surface area contributed by atoms with Crippen molar-refractivity contribution in [1.82, 2.24) is 4.90 Å². The number of aliphatic hydroxyl groups excluding tert-OH is 2. The fourth-order valence-electron chi connectivity index (χ4n) is 10.2. The summed E-state index contributed by atoms with van der Waals surface area (Å²) in [6.07, 6.45) is 13.0. The van der Waals surface area contributed by atoms with Crippen LogP contribution in [0.4, 0.5) is 0 Å². The summed E-state index contributed by atoms with van der Waals surface area (Å²) in [5.41, 5.74) is 1.39. The summed E-state index contributed by atoms with van der Waals surface area (Å²) in [6.45, 7) is 13.4. The number of allylic oxidation sites excluding steroid dienone is 6. The number of aliphatic hydroxyl groups is 3. The molecule has 2 saturated heterocycles. The molecule has 64 heavy (non-hydrogen) atoms. The molecular formula is C51H81NO12. The number of fused-ring (bicyclic) bond motifs is 3. The fourth-order valence-corrected chi connectivity index (χ4v) is 10.2. The third kappa shape index (κ3) is 14.7. The monoisotopic (exact) mass is 900 g/mol. The molecule has 15 atom stereocenters. The van der Waals surface area contributed by atoms with Gasteiger partial charge in [-0.1, -0.05) is 71.1 Å². The molecule has 3 heterocycles. The summed E-state index contributed by atoms with van der Waals surface area (Å²) in [5, 5.41) is 33.9. The van der Waals surface area contributed by atoms with Crippen molar-refractivity contribution < 1.29 is 58.2 Å². The maximum absolute atomic E-state index is 14.4. The van der Waals surface area contributed by atoms with Gasteiger partial charge in [0.1, 0.15) is 30.1 Å². The van der Waals surface area contributed by atoms with Gasteiger partial charge in [-0.25, -0.2) is 4.79 Å². The molecule has 13 nitrogen and oxygen atoms in total. The molecule has 3 aliphatic heterocycles. The van der Waals surface area contributed by atoms with E-state index in [4.69, 9.17) is 23.7 Å². The second-order valence-electron chi connectivity index (χ2n) is 19.7. The van der Waals surface area contributed by atoms with E-state index in [0.717, 1.165) is 12.0 Å². The first-order valence-electron chi connectivity index (χ1n) is 23.9. The van der Waals surface area contributed by atoms with Crippen LogP contribution in [0.1, 0.15) is 132 Å². The van der Waals surface area contributed by atoms with Crippen molar-refractivity contribution in [2.75, 3.05) is 27.9 Å². The number of amides is 1. The molecule has 0 aromatic heterocycles. The van der Waals surface area contributed by atoms with Gasteiger partial charge in [-0.15, -0.1) is 0 Å². The first-order chi connectivity index (χ1) is 30.3. The van der Waals surface area contributed by atoms with E-state index in [1.165, 1.54) is 12.0 Å². The molecule has 1 unspecified atom stereocenters. The molecule has 0 radical (unpaired) electrons. The Morgan fingerprint density at radius 1 is 0.859 bits per heavy atom. The standard InChI is InChI=1S/C51H81NO12/c1-31-16-12-11-13-17-32(2)43(60-8)28-39-21-19-37(7)51(59,64-39)30-46(55)52-23-15-14-18-40(52)50(58)63-44(34(4)26-38-20-22-41(53)45(27-38)61-9)29-42(54)33(3)25-36(6)48(57)49(62-10)47(56)35(5)24-31/h11-13,16-17,25,31,33-35,37-41,43-45,48-49,53,57,59H,14-15,18-24,26-30H2,1-10H3/b13-11+,16-12+,32-17+,36-25+/t31-,33-,34-,35-,37-,38?,39+,40+,41+,43+,44+,45+,48-,49+,51+/m1/s1. The highest BCUT2D eigenvalue weighted by Crippen LogP contribution is 2.39. The molecule has 13 heteroatoms. The van der Waals surface area contributed by atoms with Crippen molar-refractivity contribution in [3.63, 3.8) is 0 Å². The second kappa shape index (κ2) is 25.2. The Hall–Kier alpha value is -3.04. The summed E-state index contributed by atoms with van der Waals surface area (Å²) in [4.78, 5) is 57.9. The van der Waals surface area contributed by atoms with Crippen molar-refractivity contribution in [2.45, 2.75) is 186 Å². The third-order valence-electron chi connectivity index (χ3n) is 14.5. The largest absolute Gasteiger partial charge is 0.460 e. The minimum absolute atomic E-state index is 0.0492. The number of ether oxygens (including phenoxy) is 5. The number of esters is 1. The van der Waals surface area contributed by atoms with Gasteiger partial charge in [-0.3, -0.25) is 14.4 Å². The Labute approximate surface area is 383 Å². The lowest BCUT2D eigenvalue weighted by molar-refractivity contribution is -0.284. The van der Waals surface area contributed by atoms with Gasteiger partial charge < -0.3 is 43.9 Å². The molecule has 0 spiro atoms. The van der Waals surface area contributed by atoms with Crippen molar-refractivity contribution in [3.8, 4) is 0 Å². The molecule has 2 bridgehead atoms. The Balaban J connectivity index is 1.67. The SMILES string of the molecule is CO[C@H]1C[C@@H]2CC[C@@H](C)[C@](O)(CC(=O)N3CCCC[C@H]3C(=O)O[C@H]([C@H](C)CC3CC[C@H](O)[C@@H](OC)C3)CC(=O)[C@H](C)/C=C(\C)[C@@H](O)[C@@H](OC)C(=O)[C@H](C)C[C@H](C)/C=C/C=C/C=C/1C)O2. The highest BCUT2D eigenvalue weighted by molar-refractivity contribution is 5.87. The summed E-state index contributed by atoms with van der Waals surface area (Å²) in [5.74, 6) is -4.68. The fraction of sp³-hybridized carbons (Fsp3) is 0.765. The number of hydrogen-bond acceptors (Lipinski definition) is 12. The van der Waals surface area contributed by atoms with E-state index in [2.05, 4.69) is 0 Å². The number of carbonyl (C=O) groups is 4. The Morgan fingerprint density at radius 3 is 2.28 bits per heavy atom. The molecule has 362 valence electrons. The zero-order valence-corrected chi connectivity index (χ0v) is 40.4. The predicted molar refractivity (Wildman–Crippen MR) is 245 cm³/mol. The molecule has 4 rings (SSSR count). The van der Waals surface area contributed by atoms with Gasteiger partial charge in [0.05, 0.1) is 30.8 Å². The van der Waals surface area contributed by atoms with Gasteiger partial charge in [-0.2, -0.15) is 0 Å². The lowest BCUT2D eigenvalue weighted by Crippen LogP contribution is -2.55. The first-order valence-corrected chi connectivity index (χ1v) is 23.9. The molecule has 1 saturated carbocycles. The van der Waals surface area contributed by atoms with E-state index in [9.17, 15) is 34.5 Å². The minimum atomic E-state index is -1.75. The summed E-state index contributed by atoms with van der Waals surface area (Å²) in [7, 11) is 4.63. The molecule has 1 aliphatic carbocycles. The summed E-state index contributed by atoms with van der Waals surface area (Å²) < 4.78 is 29.8. The zero-order chi connectivity index (χ0) is 47.3. The van der Waals surface area contributed by atoms with Crippen LogP contribution in [0.5, 0.6) is 0 Å². The van der Waals surface area contributed by atoms with Crippen molar-refractivity contribution in [1.29, 1.82) is 0 Å². The van der Waals surface area contributed by atoms with Crippen LogP contribution in [0.2, 0.25) is 0 Å². The molecule has 3 fully saturated rings. The van der Waals surface area contributed by atoms with Gasteiger partial charge in [0.25, 0.3) is 0 Å². The predicted octanol–water partition coefficient (Wildman–Crippen LogP) is 7.00. The summed E-state index contributed by atoms with van der Waals surface area (Å²) in [6, 6.07) is -0.903. The Morgan fingerprint density at radius 2 is 1.59 bits per heavy atom. The van der Waals surface area contributed by atoms with Crippen LogP contribution in [0.3, 0.4) is 0 Å². The van der Waals surface area contributed by atoms with Crippen molar-refractivity contribution in [2.24, 2.45) is 35.5 Å². The number of Topliss-reactive ketones (excluding diaryl/α,β-unsaturated/α-hetero) is 2. The average molecular weight is 900 g/mol. The first kappa shape index (κ1) is 53.6. The average Bonchev–Trinajstić information content (AvgIpc) is 3.26. The molecule has 0 aromatic rings. The Kier molecular flexibility index (Phi) is 21.1. The number of ketones is 2. The second-order valence-corrected chi connectivity index (χ2v) is 19.7. The van der Waals surface area contributed by atoms with Crippen LogP contribution in [0.25, 0.3) is 0 Å².